The minimum absolute atomic E-state index is 0.0345. The van der Waals surface area contributed by atoms with Gasteiger partial charge in [-0.3, -0.25) is 4.79 Å². The summed E-state index contributed by atoms with van der Waals surface area (Å²) in [5.41, 5.74) is 0.545. The van der Waals surface area contributed by atoms with Crippen molar-refractivity contribution in [2.24, 2.45) is 0 Å². The monoisotopic (exact) mass is 362 g/mol. The van der Waals surface area contributed by atoms with Crippen LogP contribution in [0.2, 0.25) is 0 Å². The Kier molecular flexibility index (Phi) is 9.28. The zero-order chi connectivity index (χ0) is 19.4. The average molecular weight is 362 g/mol. The standard InChI is InChI=1S/C18H22N2O6/c1-23-8-4-7-20-18(22)14(11-19)9-13-5-6-15(16(10-13)24-2)26-12-17(21)25-3/h5-6,9-10H,4,7-8,12H2,1-3H3,(H,20,22). The fraction of sp³-hybridized carbons (Fsp3) is 0.389. The van der Waals surface area contributed by atoms with Crippen molar-refractivity contribution in [1.82, 2.24) is 5.32 Å². The summed E-state index contributed by atoms with van der Waals surface area (Å²) in [7, 11) is 4.29. The molecule has 0 aliphatic carbocycles. The molecule has 0 aliphatic heterocycles. The molecular formula is C18H22N2O6. The van der Waals surface area contributed by atoms with Crippen LogP contribution in [-0.2, 0) is 19.1 Å². The fourth-order valence-electron chi connectivity index (χ4n) is 1.92. The molecule has 0 saturated heterocycles. The quantitative estimate of drug-likeness (QED) is 0.289. The largest absolute Gasteiger partial charge is 0.493 e. The summed E-state index contributed by atoms with van der Waals surface area (Å²) < 4.78 is 19.9. The van der Waals surface area contributed by atoms with Crippen molar-refractivity contribution < 1.29 is 28.5 Å². The Hall–Kier alpha value is -3.05. The summed E-state index contributed by atoms with van der Waals surface area (Å²) in [6, 6.07) is 6.70. The van der Waals surface area contributed by atoms with Gasteiger partial charge in [0, 0.05) is 20.3 Å². The van der Waals surface area contributed by atoms with Crippen LogP contribution in [0.4, 0.5) is 0 Å². The Morgan fingerprint density at radius 2 is 2.00 bits per heavy atom. The van der Waals surface area contributed by atoms with E-state index in [0.717, 1.165) is 0 Å². The second kappa shape index (κ2) is 11.5. The van der Waals surface area contributed by atoms with E-state index in [1.165, 1.54) is 20.3 Å². The maximum absolute atomic E-state index is 12.0. The smallest absolute Gasteiger partial charge is 0.343 e. The topological polar surface area (TPSA) is 107 Å². The van der Waals surface area contributed by atoms with Gasteiger partial charge in [0.05, 0.1) is 14.2 Å². The summed E-state index contributed by atoms with van der Waals surface area (Å²) in [6.45, 7) is 0.681. The number of carbonyl (C=O) groups is 2. The molecule has 0 saturated carbocycles. The van der Waals surface area contributed by atoms with Crippen LogP contribution in [0.3, 0.4) is 0 Å². The molecule has 0 unspecified atom stereocenters. The SMILES string of the molecule is COCCCNC(=O)C(C#N)=Cc1ccc(OCC(=O)OC)c(OC)c1. The summed E-state index contributed by atoms with van der Waals surface area (Å²) in [6.07, 6.45) is 2.10. The van der Waals surface area contributed by atoms with Crippen LogP contribution in [0, 0.1) is 11.3 Å². The van der Waals surface area contributed by atoms with Crippen LogP contribution in [-0.4, -0.2) is 53.0 Å². The van der Waals surface area contributed by atoms with Crippen molar-refractivity contribution in [2.75, 3.05) is 41.1 Å². The van der Waals surface area contributed by atoms with Gasteiger partial charge in [0.1, 0.15) is 11.6 Å². The van der Waals surface area contributed by atoms with Gasteiger partial charge in [0.15, 0.2) is 18.1 Å². The van der Waals surface area contributed by atoms with Crippen molar-refractivity contribution in [2.45, 2.75) is 6.42 Å². The van der Waals surface area contributed by atoms with E-state index in [2.05, 4.69) is 10.1 Å². The molecule has 1 aromatic rings. The Morgan fingerprint density at radius 3 is 2.62 bits per heavy atom. The Labute approximate surface area is 152 Å². The van der Waals surface area contributed by atoms with E-state index in [9.17, 15) is 14.9 Å². The minimum Gasteiger partial charge on any atom is -0.493 e. The Morgan fingerprint density at radius 1 is 1.23 bits per heavy atom. The normalized spacial score (nSPS) is 10.6. The van der Waals surface area contributed by atoms with E-state index in [0.29, 0.717) is 36.6 Å². The first-order valence-electron chi connectivity index (χ1n) is 7.82. The number of esters is 1. The molecule has 1 aromatic carbocycles. The number of rotatable bonds is 10. The van der Waals surface area contributed by atoms with Gasteiger partial charge in [-0.1, -0.05) is 6.07 Å². The summed E-state index contributed by atoms with van der Waals surface area (Å²) >= 11 is 0. The molecule has 8 nitrogen and oxygen atoms in total. The molecular weight excluding hydrogens is 340 g/mol. The Balaban J connectivity index is 2.85. The summed E-state index contributed by atoms with van der Waals surface area (Å²) in [4.78, 5) is 23.2. The number of benzene rings is 1. The Bertz CT molecular complexity index is 693. The minimum atomic E-state index is -0.520. The third kappa shape index (κ3) is 6.83. The van der Waals surface area contributed by atoms with Gasteiger partial charge in [-0.05, 0) is 30.2 Å². The van der Waals surface area contributed by atoms with Crippen LogP contribution in [0.1, 0.15) is 12.0 Å². The van der Waals surface area contributed by atoms with E-state index in [4.69, 9.17) is 14.2 Å². The maximum Gasteiger partial charge on any atom is 0.343 e. The highest BCUT2D eigenvalue weighted by Crippen LogP contribution is 2.29. The van der Waals surface area contributed by atoms with Crippen molar-refractivity contribution in [3.05, 3.63) is 29.3 Å². The highest BCUT2D eigenvalue weighted by molar-refractivity contribution is 6.01. The first-order chi connectivity index (χ1) is 12.5. The van der Waals surface area contributed by atoms with Gasteiger partial charge in [-0.2, -0.15) is 5.26 Å². The molecule has 0 fully saturated rings. The average Bonchev–Trinajstić information content (AvgIpc) is 2.67. The van der Waals surface area contributed by atoms with E-state index in [1.807, 2.05) is 6.07 Å². The van der Waals surface area contributed by atoms with E-state index in [1.54, 1.807) is 25.3 Å². The predicted octanol–water partition coefficient (Wildman–Crippen LogP) is 1.31. The van der Waals surface area contributed by atoms with E-state index in [-0.39, 0.29) is 12.2 Å². The fourth-order valence-corrected chi connectivity index (χ4v) is 1.92. The number of nitriles is 1. The second-order valence-corrected chi connectivity index (χ2v) is 5.05. The van der Waals surface area contributed by atoms with E-state index < -0.39 is 11.9 Å². The van der Waals surface area contributed by atoms with Gasteiger partial charge in [-0.15, -0.1) is 0 Å². The molecule has 0 aromatic heterocycles. The number of nitrogens with one attached hydrogen (secondary N) is 1. The molecule has 0 heterocycles. The van der Waals surface area contributed by atoms with Crippen molar-refractivity contribution in [1.29, 1.82) is 5.26 Å². The molecule has 26 heavy (non-hydrogen) atoms. The molecule has 0 bridgehead atoms. The van der Waals surface area contributed by atoms with Crippen LogP contribution >= 0.6 is 0 Å². The van der Waals surface area contributed by atoms with E-state index >= 15 is 0 Å². The molecule has 0 aliphatic rings. The third-order valence-electron chi connectivity index (χ3n) is 3.25. The van der Waals surface area contributed by atoms with Gasteiger partial charge in [0.25, 0.3) is 5.91 Å². The van der Waals surface area contributed by atoms with Crippen molar-refractivity contribution in [3.63, 3.8) is 0 Å². The molecule has 1 rings (SSSR count). The van der Waals surface area contributed by atoms with Crippen LogP contribution in [0.15, 0.2) is 23.8 Å². The van der Waals surface area contributed by atoms with Gasteiger partial charge < -0.3 is 24.3 Å². The number of carbonyl (C=O) groups excluding carboxylic acids is 2. The predicted molar refractivity (Wildman–Crippen MR) is 93.6 cm³/mol. The zero-order valence-electron chi connectivity index (χ0n) is 15.0. The molecule has 0 atom stereocenters. The number of methoxy groups -OCH3 is 3. The van der Waals surface area contributed by atoms with Gasteiger partial charge >= 0.3 is 5.97 Å². The first kappa shape index (κ1) is 21.0. The van der Waals surface area contributed by atoms with Crippen molar-refractivity contribution in [3.8, 4) is 17.6 Å². The number of hydrogen-bond acceptors (Lipinski definition) is 7. The van der Waals surface area contributed by atoms with Crippen LogP contribution in [0.25, 0.3) is 6.08 Å². The lowest BCUT2D eigenvalue weighted by atomic mass is 10.1. The number of nitrogens with zero attached hydrogens (tertiary/aromatic N) is 1. The lowest BCUT2D eigenvalue weighted by Gasteiger charge is -2.10. The highest BCUT2D eigenvalue weighted by Gasteiger charge is 2.11. The maximum atomic E-state index is 12.0. The van der Waals surface area contributed by atoms with Crippen LogP contribution < -0.4 is 14.8 Å². The number of hydrogen-bond donors (Lipinski definition) is 1. The molecule has 1 amide bonds. The molecule has 0 spiro atoms. The van der Waals surface area contributed by atoms with Crippen molar-refractivity contribution >= 4 is 18.0 Å². The molecule has 0 radical (unpaired) electrons. The molecule has 8 heteroatoms. The third-order valence-corrected chi connectivity index (χ3v) is 3.25. The summed E-state index contributed by atoms with van der Waals surface area (Å²) in [5, 5.41) is 11.9. The van der Waals surface area contributed by atoms with Gasteiger partial charge in [-0.25, -0.2) is 4.79 Å². The lowest BCUT2D eigenvalue weighted by molar-refractivity contribution is -0.142. The van der Waals surface area contributed by atoms with Crippen LogP contribution in [0.5, 0.6) is 11.5 Å². The highest BCUT2D eigenvalue weighted by atomic mass is 16.6. The summed E-state index contributed by atoms with van der Waals surface area (Å²) in [5.74, 6) is -0.278. The zero-order valence-corrected chi connectivity index (χ0v) is 15.0. The second-order valence-electron chi connectivity index (χ2n) is 5.05. The molecule has 1 N–H and O–H groups in total. The first-order valence-corrected chi connectivity index (χ1v) is 7.82. The van der Waals surface area contributed by atoms with Gasteiger partial charge in [0.2, 0.25) is 0 Å². The lowest BCUT2D eigenvalue weighted by Crippen LogP contribution is -2.26. The number of amides is 1. The number of ether oxygens (including phenoxy) is 4. The molecule has 140 valence electrons.